The van der Waals surface area contributed by atoms with E-state index in [0.717, 1.165) is 70.3 Å². The van der Waals surface area contributed by atoms with Gasteiger partial charge in [-0.2, -0.15) is 0 Å². The van der Waals surface area contributed by atoms with E-state index in [4.69, 9.17) is 0 Å². The van der Waals surface area contributed by atoms with Gasteiger partial charge in [-0.05, 0) is 26.7 Å². The molecule has 0 radical (unpaired) electrons. The number of hydrogen-bond acceptors (Lipinski definition) is 5. The number of guanidine groups is 1. The van der Waals surface area contributed by atoms with Crippen LogP contribution in [0.4, 0.5) is 0 Å². The van der Waals surface area contributed by atoms with Crippen molar-refractivity contribution in [1.82, 2.24) is 25.0 Å². The van der Waals surface area contributed by atoms with Gasteiger partial charge in [0.05, 0.1) is 23.8 Å². The molecular formula is C18H30N6OS. The van der Waals surface area contributed by atoms with E-state index < -0.39 is 0 Å². The Balaban J connectivity index is 1.48. The molecule has 2 fully saturated rings. The summed E-state index contributed by atoms with van der Waals surface area (Å²) in [6.45, 7) is 10.3. The number of likely N-dealkylation sites (tertiary alicyclic amines) is 1. The lowest BCUT2D eigenvalue weighted by Gasteiger charge is -2.39. The van der Waals surface area contributed by atoms with Gasteiger partial charge in [0.2, 0.25) is 5.91 Å². The minimum absolute atomic E-state index is 0.0231. The van der Waals surface area contributed by atoms with Crippen molar-refractivity contribution in [2.75, 3.05) is 46.3 Å². The number of carbonyl (C=O) groups excluding carboxylic acids is 1. The van der Waals surface area contributed by atoms with Gasteiger partial charge in [0, 0.05) is 51.2 Å². The Bertz CT molecular complexity index is 631. The number of hydrogen-bond donors (Lipinski definition) is 1. The lowest BCUT2D eigenvalue weighted by molar-refractivity contribution is -0.135. The molecule has 1 aromatic heterocycles. The molecule has 1 unspecified atom stereocenters. The first kappa shape index (κ1) is 19.1. The fourth-order valence-corrected chi connectivity index (χ4v) is 4.38. The maximum Gasteiger partial charge on any atom is 0.239 e. The smallest absolute Gasteiger partial charge is 0.239 e. The number of piperazine rings is 1. The molecule has 26 heavy (non-hydrogen) atoms. The van der Waals surface area contributed by atoms with Crippen LogP contribution in [0.2, 0.25) is 0 Å². The lowest BCUT2D eigenvalue weighted by atomic mass is 10.2. The average molecular weight is 379 g/mol. The van der Waals surface area contributed by atoms with Crippen LogP contribution < -0.4 is 5.32 Å². The van der Waals surface area contributed by atoms with E-state index in [2.05, 4.69) is 32.0 Å². The Kier molecular flexibility index (Phi) is 6.48. The molecule has 2 saturated heterocycles. The second-order valence-corrected chi connectivity index (χ2v) is 7.93. The van der Waals surface area contributed by atoms with Crippen LogP contribution >= 0.6 is 11.3 Å². The van der Waals surface area contributed by atoms with Crippen LogP contribution in [0.3, 0.4) is 0 Å². The first-order valence-electron chi connectivity index (χ1n) is 9.47. The molecule has 0 spiro atoms. The minimum Gasteiger partial charge on any atom is -0.351 e. The summed E-state index contributed by atoms with van der Waals surface area (Å²) in [4.78, 5) is 29.2. The Morgan fingerprint density at radius 3 is 2.50 bits per heavy atom. The van der Waals surface area contributed by atoms with Gasteiger partial charge in [-0.3, -0.25) is 14.7 Å². The summed E-state index contributed by atoms with van der Waals surface area (Å²) in [5.74, 6) is 1.22. The van der Waals surface area contributed by atoms with Gasteiger partial charge in [0.1, 0.15) is 0 Å². The third-order valence-electron chi connectivity index (χ3n) is 5.40. The van der Waals surface area contributed by atoms with Crippen LogP contribution in [-0.2, 0) is 11.3 Å². The van der Waals surface area contributed by atoms with E-state index >= 15 is 0 Å². The summed E-state index contributed by atoms with van der Waals surface area (Å²) < 4.78 is 0. The first-order chi connectivity index (χ1) is 12.6. The van der Waals surface area contributed by atoms with Crippen molar-refractivity contribution in [1.29, 1.82) is 0 Å². The number of aryl methyl sites for hydroxylation is 1. The molecule has 1 aromatic rings. The fourth-order valence-electron chi connectivity index (χ4n) is 3.67. The molecule has 0 saturated carbocycles. The fraction of sp³-hybridized carbons (Fsp3) is 0.722. The Morgan fingerprint density at radius 2 is 1.92 bits per heavy atom. The van der Waals surface area contributed by atoms with Gasteiger partial charge < -0.3 is 15.1 Å². The quantitative estimate of drug-likeness (QED) is 0.629. The molecule has 0 bridgehead atoms. The molecule has 1 amide bonds. The van der Waals surface area contributed by atoms with Gasteiger partial charge in [0.15, 0.2) is 5.96 Å². The molecule has 0 aromatic carbocycles. The highest BCUT2D eigenvalue weighted by atomic mass is 32.1. The summed E-state index contributed by atoms with van der Waals surface area (Å²) in [7, 11) is 1.83. The SMILES string of the molecule is CN=C(NCc1scnc1C)N1CCN(C(C)C(=O)N2CCCC2)CC1. The monoisotopic (exact) mass is 378 g/mol. The zero-order chi connectivity index (χ0) is 18.5. The molecule has 2 aliphatic rings. The maximum atomic E-state index is 12.6. The number of carbonyl (C=O) groups is 1. The summed E-state index contributed by atoms with van der Waals surface area (Å²) >= 11 is 1.67. The zero-order valence-electron chi connectivity index (χ0n) is 16.1. The zero-order valence-corrected chi connectivity index (χ0v) is 16.9. The highest BCUT2D eigenvalue weighted by Crippen LogP contribution is 2.15. The number of aliphatic imine (C=N–C) groups is 1. The maximum absolute atomic E-state index is 12.6. The highest BCUT2D eigenvalue weighted by Gasteiger charge is 2.30. The lowest BCUT2D eigenvalue weighted by Crippen LogP contribution is -2.57. The van der Waals surface area contributed by atoms with Crippen molar-refractivity contribution < 1.29 is 4.79 Å². The van der Waals surface area contributed by atoms with Crippen LogP contribution in [0.1, 0.15) is 30.3 Å². The number of thiazole rings is 1. The number of nitrogens with zero attached hydrogens (tertiary/aromatic N) is 5. The predicted octanol–water partition coefficient (Wildman–Crippen LogP) is 1.16. The molecule has 8 heteroatoms. The summed E-state index contributed by atoms with van der Waals surface area (Å²) in [5, 5.41) is 3.45. The van der Waals surface area contributed by atoms with Gasteiger partial charge in [-0.1, -0.05) is 0 Å². The van der Waals surface area contributed by atoms with Crippen molar-refractivity contribution in [2.24, 2.45) is 4.99 Å². The third-order valence-corrected chi connectivity index (χ3v) is 6.34. The topological polar surface area (TPSA) is 64.1 Å². The first-order valence-corrected chi connectivity index (χ1v) is 10.4. The Morgan fingerprint density at radius 1 is 1.23 bits per heavy atom. The molecular weight excluding hydrogens is 348 g/mol. The normalized spacial score (nSPS) is 20.5. The average Bonchev–Trinajstić information content (AvgIpc) is 3.34. The van der Waals surface area contributed by atoms with E-state index in [1.54, 1.807) is 11.3 Å². The second kappa shape index (κ2) is 8.81. The van der Waals surface area contributed by atoms with Gasteiger partial charge >= 0.3 is 0 Å². The third kappa shape index (κ3) is 4.35. The Labute approximate surface area is 160 Å². The number of aromatic nitrogens is 1. The van der Waals surface area contributed by atoms with Crippen LogP contribution in [0.25, 0.3) is 0 Å². The molecule has 1 atom stereocenters. The molecule has 3 rings (SSSR count). The summed E-state index contributed by atoms with van der Waals surface area (Å²) in [6.07, 6.45) is 2.29. The van der Waals surface area contributed by atoms with Crippen molar-refractivity contribution in [3.8, 4) is 0 Å². The highest BCUT2D eigenvalue weighted by molar-refractivity contribution is 7.09. The predicted molar refractivity (Wildman–Crippen MR) is 105 cm³/mol. The van der Waals surface area contributed by atoms with E-state index in [9.17, 15) is 4.79 Å². The van der Waals surface area contributed by atoms with Crippen LogP contribution in [0.15, 0.2) is 10.5 Å². The van der Waals surface area contributed by atoms with Crippen LogP contribution in [0, 0.1) is 6.92 Å². The number of nitrogens with one attached hydrogen (secondary N) is 1. The standard InChI is InChI=1S/C18H30N6OS/c1-14-16(26-13-21-14)12-20-18(19-3)24-10-8-22(9-11-24)15(2)17(25)23-6-4-5-7-23/h13,15H,4-12H2,1-3H3,(H,19,20). The molecule has 3 heterocycles. The van der Waals surface area contributed by atoms with E-state index in [0.29, 0.717) is 5.91 Å². The van der Waals surface area contributed by atoms with E-state index in [1.807, 2.05) is 24.4 Å². The number of rotatable bonds is 4. The number of amides is 1. The summed E-state index contributed by atoms with van der Waals surface area (Å²) in [6, 6.07) is -0.0231. The van der Waals surface area contributed by atoms with Gasteiger partial charge in [0.25, 0.3) is 0 Å². The Hall–Kier alpha value is -1.67. The van der Waals surface area contributed by atoms with Crippen LogP contribution in [-0.4, -0.2) is 83.9 Å². The van der Waals surface area contributed by atoms with Crippen molar-refractivity contribution in [2.45, 2.75) is 39.3 Å². The van der Waals surface area contributed by atoms with E-state index in [-0.39, 0.29) is 6.04 Å². The molecule has 7 nitrogen and oxygen atoms in total. The molecule has 0 aliphatic carbocycles. The van der Waals surface area contributed by atoms with Crippen molar-refractivity contribution >= 4 is 23.2 Å². The van der Waals surface area contributed by atoms with Crippen LogP contribution in [0.5, 0.6) is 0 Å². The molecule has 144 valence electrons. The van der Waals surface area contributed by atoms with Crippen molar-refractivity contribution in [3.63, 3.8) is 0 Å². The van der Waals surface area contributed by atoms with E-state index in [1.165, 1.54) is 4.88 Å². The minimum atomic E-state index is -0.0231. The largest absolute Gasteiger partial charge is 0.351 e. The molecule has 2 aliphatic heterocycles. The van der Waals surface area contributed by atoms with Crippen molar-refractivity contribution in [3.05, 3.63) is 16.1 Å². The van der Waals surface area contributed by atoms with Gasteiger partial charge in [-0.15, -0.1) is 11.3 Å². The molecule has 1 N–H and O–H groups in total. The van der Waals surface area contributed by atoms with Gasteiger partial charge in [-0.25, -0.2) is 4.98 Å². The summed E-state index contributed by atoms with van der Waals surface area (Å²) in [5.41, 5.74) is 2.96. The second-order valence-electron chi connectivity index (χ2n) is 6.99.